The Bertz CT molecular complexity index is 324. The topological polar surface area (TPSA) is 27.7 Å². The number of thiol groups is 2. The summed E-state index contributed by atoms with van der Waals surface area (Å²) in [6, 6.07) is 0.863. The van der Waals surface area contributed by atoms with Crippen molar-refractivity contribution in [3.8, 4) is 0 Å². The summed E-state index contributed by atoms with van der Waals surface area (Å²) in [4.78, 5) is 0. The van der Waals surface area contributed by atoms with Crippen LogP contribution in [-0.2, 0) is 13.3 Å². The summed E-state index contributed by atoms with van der Waals surface area (Å²) in [6.07, 6.45) is 13.4. The van der Waals surface area contributed by atoms with E-state index in [1.807, 2.05) is 20.8 Å². The number of rotatable bonds is 21. The Morgan fingerprint density at radius 1 is 0.643 bits per heavy atom. The number of halogens is 1. The summed E-state index contributed by atoms with van der Waals surface area (Å²) in [6.45, 7) is 7.95. The lowest BCUT2D eigenvalue weighted by molar-refractivity contribution is 0.0707. The third-order valence-electron chi connectivity index (χ3n) is 4.87. The zero-order chi connectivity index (χ0) is 21.1. The van der Waals surface area contributed by atoms with E-state index >= 15 is 0 Å². The maximum Gasteiger partial charge on any atom is 0.500 e. The normalized spacial score (nSPS) is 14.4. The van der Waals surface area contributed by atoms with Crippen molar-refractivity contribution >= 4 is 45.7 Å². The van der Waals surface area contributed by atoms with Crippen molar-refractivity contribution in [1.29, 1.82) is 0 Å². The van der Waals surface area contributed by atoms with E-state index in [1.165, 1.54) is 51.4 Å². The highest BCUT2D eigenvalue weighted by molar-refractivity contribution is 7.81. The first-order valence-electron chi connectivity index (χ1n) is 11.4. The van der Waals surface area contributed by atoms with Crippen LogP contribution in [0, 0.1) is 0 Å². The molecule has 0 aliphatic heterocycles. The molecule has 0 heterocycles. The minimum Gasteiger partial charge on any atom is -0.374 e. The maximum absolute atomic E-state index is 5.93. The summed E-state index contributed by atoms with van der Waals surface area (Å²) < 4.78 is 17.8. The van der Waals surface area contributed by atoms with Gasteiger partial charge in [-0.15, -0.1) is 11.6 Å². The quantitative estimate of drug-likeness (QED) is 0.0802. The fourth-order valence-corrected chi connectivity index (χ4v) is 7.21. The molecule has 7 heteroatoms. The van der Waals surface area contributed by atoms with Gasteiger partial charge in [-0.2, -0.15) is 25.3 Å². The molecule has 3 nitrogen and oxygen atoms in total. The van der Waals surface area contributed by atoms with Crippen molar-refractivity contribution in [3.05, 3.63) is 0 Å². The Hall–Kier alpha value is 1.09. The number of hydrogen-bond acceptors (Lipinski definition) is 5. The van der Waals surface area contributed by atoms with Gasteiger partial charge in [0.15, 0.2) is 0 Å². The molecule has 0 aromatic carbocycles. The second-order valence-electron chi connectivity index (χ2n) is 7.36. The molecule has 28 heavy (non-hydrogen) atoms. The second kappa shape index (κ2) is 20.0. The molecule has 0 rings (SSSR count). The lowest BCUT2D eigenvalue weighted by Crippen LogP contribution is -2.46. The Morgan fingerprint density at radius 2 is 1.04 bits per heavy atom. The van der Waals surface area contributed by atoms with E-state index in [2.05, 4.69) is 0 Å². The van der Waals surface area contributed by atoms with Crippen LogP contribution < -0.4 is 0 Å². The zero-order valence-electron chi connectivity index (χ0n) is 18.5. The smallest absolute Gasteiger partial charge is 0.374 e. The molecule has 2 unspecified atom stereocenters. The van der Waals surface area contributed by atoms with Gasteiger partial charge >= 0.3 is 8.80 Å². The van der Waals surface area contributed by atoms with Gasteiger partial charge in [0.2, 0.25) is 0 Å². The van der Waals surface area contributed by atoms with Crippen LogP contribution in [-0.4, -0.2) is 45.0 Å². The minimum absolute atomic E-state index is 0.396. The van der Waals surface area contributed by atoms with Crippen LogP contribution in [0.5, 0.6) is 0 Å². The van der Waals surface area contributed by atoms with E-state index in [4.69, 9.17) is 50.1 Å². The fraction of sp³-hybridized carbons (Fsp3) is 1.00. The van der Waals surface area contributed by atoms with E-state index in [-0.39, 0.29) is 0 Å². The van der Waals surface area contributed by atoms with Gasteiger partial charge in [-0.3, -0.25) is 0 Å². The van der Waals surface area contributed by atoms with E-state index in [0.717, 1.165) is 31.2 Å². The molecule has 0 aromatic heterocycles. The van der Waals surface area contributed by atoms with Gasteiger partial charge in [0.05, 0.1) is 0 Å². The van der Waals surface area contributed by atoms with Crippen molar-refractivity contribution < 1.29 is 13.3 Å². The first-order valence-corrected chi connectivity index (χ1v) is 14.9. The maximum atomic E-state index is 5.93. The van der Waals surface area contributed by atoms with Gasteiger partial charge in [-0.1, -0.05) is 38.5 Å². The Labute approximate surface area is 192 Å². The highest BCUT2D eigenvalue weighted by atomic mass is 35.5. The average Bonchev–Trinajstić information content (AvgIpc) is 2.67. The van der Waals surface area contributed by atoms with Crippen LogP contribution in [0.15, 0.2) is 0 Å². The highest BCUT2D eigenvalue weighted by Gasteiger charge is 2.40. The van der Waals surface area contributed by atoms with Crippen LogP contribution in [0.4, 0.5) is 0 Å². The number of alkyl halides is 1. The van der Waals surface area contributed by atoms with Crippen molar-refractivity contribution in [1.82, 2.24) is 0 Å². The van der Waals surface area contributed by atoms with E-state index < -0.39 is 8.80 Å². The lowest BCUT2D eigenvalue weighted by atomic mass is 10.0. The van der Waals surface area contributed by atoms with Gasteiger partial charge in [0.1, 0.15) is 0 Å². The molecular formula is C21H45ClO3S2Si. The molecule has 0 N–H and O–H groups in total. The summed E-state index contributed by atoms with van der Waals surface area (Å²) in [7, 11) is -2.51. The van der Waals surface area contributed by atoms with Crippen molar-refractivity contribution in [2.24, 2.45) is 0 Å². The van der Waals surface area contributed by atoms with Crippen LogP contribution >= 0.6 is 36.9 Å². The fourth-order valence-electron chi connectivity index (χ4n) is 3.40. The van der Waals surface area contributed by atoms with Crippen LogP contribution in [0.2, 0.25) is 6.04 Å². The van der Waals surface area contributed by atoms with Crippen LogP contribution in [0.1, 0.15) is 91.4 Å². The summed E-state index contributed by atoms with van der Waals surface area (Å²) in [5, 5.41) is 0.953. The van der Waals surface area contributed by atoms with E-state index in [9.17, 15) is 0 Å². The Kier molecular flexibility index (Phi) is 20.8. The predicted molar refractivity (Wildman–Crippen MR) is 132 cm³/mol. The molecular weight excluding hydrogens is 428 g/mol. The Morgan fingerprint density at radius 3 is 1.43 bits per heavy atom. The molecule has 0 amide bonds. The zero-order valence-corrected chi connectivity index (χ0v) is 22.0. The third-order valence-corrected chi connectivity index (χ3v) is 9.26. The predicted octanol–water partition coefficient (Wildman–Crippen LogP) is 7.16. The van der Waals surface area contributed by atoms with E-state index in [0.29, 0.717) is 30.3 Å². The molecule has 0 fully saturated rings. The standard InChI is InChI=1S/C21H45ClO3S2Si/c1-4-23-28(24-5-2,25-6-3)19-17-21(27)16-11-8-7-10-14-20(26)15-12-9-13-18-22/h20-21,26-27H,4-19H2,1-3H3. The molecule has 0 radical (unpaired) electrons. The molecule has 0 saturated heterocycles. The lowest BCUT2D eigenvalue weighted by Gasteiger charge is -2.29. The molecule has 0 bridgehead atoms. The van der Waals surface area contributed by atoms with Crippen molar-refractivity contribution in [3.63, 3.8) is 0 Å². The summed E-state index contributed by atoms with van der Waals surface area (Å²) >= 11 is 15.2. The first kappa shape index (κ1) is 29.1. The molecule has 0 aliphatic carbocycles. The Balaban J connectivity index is 3.83. The monoisotopic (exact) mass is 472 g/mol. The third kappa shape index (κ3) is 15.9. The second-order valence-corrected chi connectivity index (χ2v) is 11.9. The first-order chi connectivity index (χ1) is 13.5. The largest absolute Gasteiger partial charge is 0.500 e. The van der Waals surface area contributed by atoms with Gasteiger partial charge in [-0.05, 0) is 52.9 Å². The highest BCUT2D eigenvalue weighted by Crippen LogP contribution is 2.24. The number of hydrogen-bond donors (Lipinski definition) is 2. The van der Waals surface area contributed by atoms with E-state index in [1.54, 1.807) is 0 Å². The van der Waals surface area contributed by atoms with Gasteiger partial charge in [0.25, 0.3) is 0 Å². The van der Waals surface area contributed by atoms with Gasteiger partial charge in [-0.25, -0.2) is 0 Å². The average molecular weight is 473 g/mol. The molecule has 2 atom stereocenters. The van der Waals surface area contributed by atoms with Crippen molar-refractivity contribution in [2.45, 2.75) is 108 Å². The summed E-state index contributed by atoms with van der Waals surface area (Å²) in [5.41, 5.74) is 0. The van der Waals surface area contributed by atoms with Crippen molar-refractivity contribution in [2.75, 3.05) is 25.7 Å². The summed E-state index contributed by atoms with van der Waals surface area (Å²) in [5.74, 6) is 0.787. The molecule has 0 saturated carbocycles. The molecule has 170 valence electrons. The van der Waals surface area contributed by atoms with Gasteiger partial charge in [0, 0.05) is 42.2 Å². The number of unbranched alkanes of at least 4 members (excludes halogenated alkanes) is 5. The van der Waals surface area contributed by atoms with Gasteiger partial charge < -0.3 is 13.3 Å². The SMILES string of the molecule is CCO[Si](CCC(S)CCCCCCC(S)CCCCCCl)(OCC)OCC. The molecule has 0 spiro atoms. The molecule has 0 aromatic rings. The van der Waals surface area contributed by atoms with Crippen LogP contribution in [0.3, 0.4) is 0 Å². The molecule has 0 aliphatic rings. The minimum atomic E-state index is -2.51. The van der Waals surface area contributed by atoms with Crippen LogP contribution in [0.25, 0.3) is 0 Å².